The van der Waals surface area contributed by atoms with Crippen LogP contribution in [0.2, 0.25) is 0 Å². The van der Waals surface area contributed by atoms with Crippen LogP contribution in [0, 0.1) is 11.2 Å². The van der Waals surface area contributed by atoms with E-state index in [4.69, 9.17) is 4.74 Å². The Morgan fingerprint density at radius 3 is 2.21 bits per heavy atom. The smallest absolute Gasteiger partial charge is 0.420 e. The minimum absolute atomic E-state index is 0.0394. The van der Waals surface area contributed by atoms with Crippen molar-refractivity contribution in [2.45, 2.75) is 56.1 Å². The van der Waals surface area contributed by atoms with E-state index in [1.54, 1.807) is 0 Å². The van der Waals surface area contributed by atoms with Gasteiger partial charge in [0.2, 0.25) is 10.0 Å². The molecule has 1 heterocycles. The molecule has 180 valence electrons. The number of nitrogens with zero attached hydrogens (tertiary/aromatic N) is 1. The van der Waals surface area contributed by atoms with Gasteiger partial charge in [-0.2, -0.15) is 13.2 Å². The van der Waals surface area contributed by atoms with Gasteiger partial charge in [-0.1, -0.05) is 26.7 Å². The third-order valence-electron chi connectivity index (χ3n) is 7.04. The molecule has 10 heteroatoms. The second-order valence-corrected chi connectivity index (χ2v) is 10.7. The molecule has 0 saturated heterocycles. The van der Waals surface area contributed by atoms with E-state index in [0.29, 0.717) is 18.5 Å². The van der Waals surface area contributed by atoms with Crippen molar-refractivity contribution in [1.82, 2.24) is 4.72 Å². The first-order valence-corrected chi connectivity index (χ1v) is 12.2. The SMILES string of the molecule is CCC1(CC)CC2(CN(c3ccc(F)cc3)c3cc(C(F)(F)F)c(OC)cc3S(=O)(=O)N2)C1. The lowest BCUT2D eigenvalue weighted by molar-refractivity contribution is -0.138. The van der Waals surface area contributed by atoms with Crippen molar-refractivity contribution in [3.63, 3.8) is 0 Å². The summed E-state index contributed by atoms with van der Waals surface area (Å²) < 4.78 is 89.5. The number of hydrogen-bond acceptors (Lipinski definition) is 4. The van der Waals surface area contributed by atoms with Crippen molar-refractivity contribution in [2.75, 3.05) is 18.6 Å². The van der Waals surface area contributed by atoms with Gasteiger partial charge in [-0.3, -0.25) is 0 Å². The molecule has 33 heavy (non-hydrogen) atoms. The van der Waals surface area contributed by atoms with Crippen LogP contribution < -0.4 is 14.4 Å². The summed E-state index contributed by atoms with van der Waals surface area (Å²) >= 11 is 0. The number of benzene rings is 2. The van der Waals surface area contributed by atoms with E-state index >= 15 is 0 Å². The standard InChI is InChI=1S/C23H26F4N2O3S/c1-4-21(5-2)12-22(13-21)14-29(16-8-6-15(24)7-9-16)18-10-17(23(25,26)27)19(32-3)11-20(18)33(30,31)28-22/h6-11,28H,4-5,12-14H2,1-3H3. The minimum atomic E-state index is -4.76. The number of anilines is 2. The molecule has 2 aromatic carbocycles. The van der Waals surface area contributed by atoms with Crippen LogP contribution >= 0.6 is 0 Å². The van der Waals surface area contributed by atoms with Crippen LogP contribution in [0.1, 0.15) is 45.1 Å². The van der Waals surface area contributed by atoms with Crippen LogP contribution in [0.15, 0.2) is 41.3 Å². The Morgan fingerprint density at radius 2 is 1.70 bits per heavy atom. The summed E-state index contributed by atoms with van der Waals surface area (Å²) in [5.41, 5.74) is -1.69. The number of ether oxygens (including phenoxy) is 1. The van der Waals surface area contributed by atoms with Gasteiger partial charge < -0.3 is 9.64 Å². The van der Waals surface area contributed by atoms with Crippen molar-refractivity contribution < 1.29 is 30.7 Å². The summed E-state index contributed by atoms with van der Waals surface area (Å²) in [5.74, 6) is -1.08. The average Bonchev–Trinajstić information content (AvgIpc) is 2.83. The third-order valence-corrected chi connectivity index (χ3v) is 8.65. The highest BCUT2D eigenvalue weighted by Crippen LogP contribution is 2.56. The molecular formula is C23H26F4N2O3S. The second-order valence-electron chi connectivity index (χ2n) is 9.03. The van der Waals surface area contributed by atoms with E-state index in [1.807, 2.05) is 0 Å². The van der Waals surface area contributed by atoms with Gasteiger partial charge in [0.05, 0.1) is 23.9 Å². The van der Waals surface area contributed by atoms with Crippen LogP contribution in [0.5, 0.6) is 5.75 Å². The summed E-state index contributed by atoms with van der Waals surface area (Å²) in [7, 11) is -3.11. The molecule has 2 aliphatic rings. The van der Waals surface area contributed by atoms with Crippen LogP contribution in [0.3, 0.4) is 0 Å². The lowest BCUT2D eigenvalue weighted by Crippen LogP contribution is -2.65. The van der Waals surface area contributed by atoms with Crippen molar-refractivity contribution in [3.05, 3.63) is 47.8 Å². The number of halogens is 4. The molecule has 2 aromatic rings. The number of sulfonamides is 1. The Hall–Kier alpha value is -2.33. The van der Waals surface area contributed by atoms with Crippen LogP contribution in [0.25, 0.3) is 0 Å². The monoisotopic (exact) mass is 486 g/mol. The predicted octanol–water partition coefficient (Wildman–Crippen LogP) is 5.62. The minimum Gasteiger partial charge on any atom is -0.496 e. The topological polar surface area (TPSA) is 58.6 Å². The van der Waals surface area contributed by atoms with E-state index in [2.05, 4.69) is 18.6 Å². The molecule has 1 aliphatic heterocycles. The highest BCUT2D eigenvalue weighted by molar-refractivity contribution is 7.89. The van der Waals surface area contributed by atoms with E-state index in [9.17, 15) is 26.0 Å². The molecule has 0 bridgehead atoms. The number of alkyl halides is 3. The number of methoxy groups -OCH3 is 1. The summed E-state index contributed by atoms with van der Waals surface area (Å²) in [6, 6.07) is 7.00. The molecule has 0 atom stereocenters. The fourth-order valence-electron chi connectivity index (χ4n) is 5.30. The first-order valence-electron chi connectivity index (χ1n) is 10.7. The van der Waals surface area contributed by atoms with Crippen LogP contribution in [-0.4, -0.2) is 27.6 Å². The zero-order valence-corrected chi connectivity index (χ0v) is 19.4. The van der Waals surface area contributed by atoms with Crippen molar-refractivity contribution in [1.29, 1.82) is 0 Å². The van der Waals surface area contributed by atoms with Gasteiger partial charge in [0, 0.05) is 18.3 Å². The zero-order valence-electron chi connectivity index (χ0n) is 18.6. The predicted molar refractivity (Wildman–Crippen MR) is 117 cm³/mol. The van der Waals surface area contributed by atoms with Crippen LogP contribution in [0.4, 0.5) is 28.9 Å². The quantitative estimate of drug-likeness (QED) is 0.570. The maximum Gasteiger partial charge on any atom is 0.420 e. The molecule has 0 radical (unpaired) electrons. The molecule has 4 rings (SSSR count). The van der Waals surface area contributed by atoms with Gasteiger partial charge in [0.1, 0.15) is 16.5 Å². The largest absolute Gasteiger partial charge is 0.496 e. The number of rotatable bonds is 4. The van der Waals surface area contributed by atoms with Gasteiger partial charge >= 0.3 is 6.18 Å². The van der Waals surface area contributed by atoms with Crippen molar-refractivity contribution in [3.8, 4) is 5.75 Å². The Balaban J connectivity index is 1.94. The van der Waals surface area contributed by atoms with Gasteiger partial charge in [-0.15, -0.1) is 0 Å². The first kappa shape index (κ1) is 23.8. The third kappa shape index (κ3) is 4.07. The zero-order chi connectivity index (χ0) is 24.2. The van der Waals surface area contributed by atoms with E-state index in [1.165, 1.54) is 29.2 Å². The average molecular weight is 487 g/mol. The maximum atomic E-state index is 13.8. The Kier molecular flexibility index (Phi) is 5.68. The van der Waals surface area contributed by atoms with E-state index < -0.39 is 38.9 Å². The molecule has 1 spiro atoms. The molecule has 1 saturated carbocycles. The molecule has 1 aliphatic carbocycles. The highest BCUT2D eigenvalue weighted by Gasteiger charge is 2.56. The van der Waals surface area contributed by atoms with Gasteiger partial charge in [0.15, 0.2) is 0 Å². The van der Waals surface area contributed by atoms with Gasteiger partial charge in [0.25, 0.3) is 0 Å². The molecule has 1 N–H and O–H groups in total. The fraction of sp³-hybridized carbons (Fsp3) is 0.478. The van der Waals surface area contributed by atoms with Gasteiger partial charge in [-0.25, -0.2) is 17.5 Å². The maximum absolute atomic E-state index is 13.8. The summed E-state index contributed by atoms with van der Waals surface area (Å²) in [4.78, 5) is 1.23. The molecule has 0 unspecified atom stereocenters. The Morgan fingerprint density at radius 1 is 1.09 bits per heavy atom. The van der Waals surface area contributed by atoms with Crippen LogP contribution in [-0.2, 0) is 16.2 Å². The lowest BCUT2D eigenvalue weighted by Gasteiger charge is -2.56. The molecule has 0 aromatic heterocycles. The Labute approximate surface area is 190 Å². The fourth-order valence-corrected chi connectivity index (χ4v) is 6.89. The number of hydrogen-bond donors (Lipinski definition) is 1. The Bertz CT molecular complexity index is 1150. The first-order chi connectivity index (χ1) is 15.4. The molecule has 0 amide bonds. The van der Waals surface area contributed by atoms with Crippen molar-refractivity contribution >= 4 is 21.4 Å². The molecular weight excluding hydrogens is 460 g/mol. The normalized spacial score (nSPS) is 20.6. The molecule has 5 nitrogen and oxygen atoms in total. The molecule has 1 fully saturated rings. The summed E-state index contributed by atoms with van der Waals surface area (Å²) in [5, 5.41) is 0. The summed E-state index contributed by atoms with van der Waals surface area (Å²) in [6.07, 6.45) is -1.92. The number of fused-ring (bicyclic) bond motifs is 1. The number of nitrogens with one attached hydrogen (secondary N) is 1. The van der Waals surface area contributed by atoms with Gasteiger partial charge in [-0.05, 0) is 48.6 Å². The van der Waals surface area contributed by atoms with E-state index in [0.717, 1.165) is 32.1 Å². The summed E-state index contributed by atoms with van der Waals surface area (Å²) in [6.45, 7) is 4.22. The lowest BCUT2D eigenvalue weighted by atomic mass is 9.55. The van der Waals surface area contributed by atoms with Crippen molar-refractivity contribution in [2.24, 2.45) is 5.41 Å². The second kappa shape index (κ2) is 7.87. The van der Waals surface area contributed by atoms with E-state index in [-0.39, 0.29) is 22.5 Å². The highest BCUT2D eigenvalue weighted by atomic mass is 32.2.